The first-order valence-electron chi connectivity index (χ1n) is 11.7. The zero-order valence-electron chi connectivity index (χ0n) is 21.0. The minimum absolute atomic E-state index is 0.00513. The normalized spacial score (nSPS) is 44.5. The van der Waals surface area contributed by atoms with E-state index < -0.39 is 53.4 Å². The van der Waals surface area contributed by atoms with E-state index in [-0.39, 0.29) is 17.6 Å². The molecular weight excluding hydrogens is 414 g/mol. The Hall–Kier alpha value is -1.67. The Morgan fingerprint density at radius 2 is 1.69 bits per heavy atom. The molecule has 1 amide bonds. The number of esters is 1. The molecule has 2 fully saturated rings. The van der Waals surface area contributed by atoms with Crippen LogP contribution < -0.4 is 0 Å². The number of hydrogen-bond donors (Lipinski definition) is 1. The van der Waals surface area contributed by atoms with E-state index in [9.17, 15) is 19.5 Å². The van der Waals surface area contributed by atoms with Gasteiger partial charge in [-0.2, -0.15) is 0 Å². The standard InChI is InChI=1S/C24H41NO7/c1-10-17-24(7)20(25(8)22(29)32-24)15(4)18(26)13(2)11-23(6,30-9)12-14(3)19(27)16(5)21(28)31-17/h13-17,19-20,27H,10-12H2,1-9H3/t13-,14-,15+,16-,17-,19+,20-,23+,24-/m1/s1. The van der Waals surface area contributed by atoms with Gasteiger partial charge < -0.3 is 24.2 Å². The second-order valence-electron chi connectivity index (χ2n) is 10.4. The molecule has 2 heterocycles. The Morgan fingerprint density at radius 1 is 1.09 bits per heavy atom. The highest BCUT2D eigenvalue weighted by Gasteiger charge is 2.58. The molecule has 0 bridgehead atoms. The second kappa shape index (κ2) is 9.67. The molecule has 0 spiro atoms. The van der Waals surface area contributed by atoms with Crippen molar-refractivity contribution in [3.05, 3.63) is 0 Å². The molecule has 8 heteroatoms. The van der Waals surface area contributed by atoms with Crippen molar-refractivity contribution in [1.82, 2.24) is 4.90 Å². The summed E-state index contributed by atoms with van der Waals surface area (Å²) in [5.41, 5.74) is -1.86. The van der Waals surface area contributed by atoms with Crippen LogP contribution in [0.1, 0.15) is 67.7 Å². The third kappa shape index (κ3) is 4.81. The van der Waals surface area contributed by atoms with Gasteiger partial charge in [0, 0.05) is 26.0 Å². The minimum atomic E-state index is -1.20. The van der Waals surface area contributed by atoms with E-state index in [0.717, 1.165) is 0 Å². The van der Waals surface area contributed by atoms with Crippen molar-refractivity contribution in [2.75, 3.05) is 14.2 Å². The first-order valence-corrected chi connectivity index (χ1v) is 11.7. The molecule has 9 atom stereocenters. The van der Waals surface area contributed by atoms with Crippen LogP contribution in [0.3, 0.4) is 0 Å². The summed E-state index contributed by atoms with van der Waals surface area (Å²) in [4.78, 5) is 40.5. The third-order valence-electron chi connectivity index (χ3n) is 7.73. The van der Waals surface area contributed by atoms with Crippen LogP contribution in [0.5, 0.6) is 0 Å². The zero-order chi connectivity index (χ0) is 24.6. The van der Waals surface area contributed by atoms with Crippen LogP contribution >= 0.6 is 0 Å². The van der Waals surface area contributed by atoms with Gasteiger partial charge in [0.25, 0.3) is 0 Å². The van der Waals surface area contributed by atoms with Gasteiger partial charge >= 0.3 is 12.1 Å². The van der Waals surface area contributed by atoms with E-state index in [1.165, 1.54) is 4.90 Å². The number of fused-ring (bicyclic) bond motifs is 1. The lowest BCUT2D eigenvalue weighted by Gasteiger charge is -2.41. The summed E-state index contributed by atoms with van der Waals surface area (Å²) in [6.07, 6.45) is -0.907. The fourth-order valence-corrected chi connectivity index (χ4v) is 5.80. The highest BCUT2D eigenvalue weighted by Crippen LogP contribution is 2.41. The van der Waals surface area contributed by atoms with Crippen molar-refractivity contribution in [2.24, 2.45) is 23.7 Å². The molecule has 0 radical (unpaired) electrons. The van der Waals surface area contributed by atoms with E-state index in [1.54, 1.807) is 34.9 Å². The van der Waals surface area contributed by atoms with Crippen LogP contribution in [0, 0.1) is 23.7 Å². The largest absolute Gasteiger partial charge is 0.458 e. The Kier molecular flexibility index (Phi) is 8.04. The quantitative estimate of drug-likeness (QED) is 0.638. The molecule has 8 nitrogen and oxygen atoms in total. The smallest absolute Gasteiger partial charge is 0.410 e. The molecule has 0 aromatic heterocycles. The molecule has 0 aliphatic carbocycles. The number of likely N-dealkylation sites (N-methyl/N-ethyl adjacent to an activating group) is 1. The molecule has 0 saturated carbocycles. The number of rotatable bonds is 2. The summed E-state index contributed by atoms with van der Waals surface area (Å²) >= 11 is 0. The van der Waals surface area contributed by atoms with Gasteiger partial charge in [0.05, 0.1) is 23.7 Å². The molecular formula is C24H41NO7. The number of methoxy groups -OCH3 is 1. The number of carbonyl (C=O) groups excluding carboxylic acids is 3. The van der Waals surface area contributed by atoms with Crippen LogP contribution in [0.15, 0.2) is 0 Å². The molecule has 2 aliphatic heterocycles. The number of amides is 1. The Morgan fingerprint density at radius 3 is 2.22 bits per heavy atom. The number of aliphatic hydroxyl groups excluding tert-OH is 1. The molecule has 184 valence electrons. The van der Waals surface area contributed by atoms with E-state index >= 15 is 0 Å². The second-order valence-corrected chi connectivity index (χ2v) is 10.4. The number of cyclic esters (lactones) is 1. The minimum Gasteiger partial charge on any atom is -0.458 e. The van der Waals surface area contributed by atoms with Crippen molar-refractivity contribution in [1.29, 1.82) is 0 Å². The topological polar surface area (TPSA) is 102 Å². The summed E-state index contributed by atoms with van der Waals surface area (Å²) < 4.78 is 17.4. The highest BCUT2D eigenvalue weighted by atomic mass is 16.6. The van der Waals surface area contributed by atoms with Gasteiger partial charge in [0.1, 0.15) is 11.9 Å². The monoisotopic (exact) mass is 455 g/mol. The van der Waals surface area contributed by atoms with Crippen LogP contribution in [-0.2, 0) is 23.8 Å². The predicted octanol–water partition coefficient (Wildman–Crippen LogP) is 3.19. The lowest BCUT2D eigenvalue weighted by Crippen LogP contribution is -2.57. The highest BCUT2D eigenvalue weighted by molar-refractivity contribution is 5.85. The maximum atomic E-state index is 13.5. The molecule has 2 saturated heterocycles. The molecule has 0 aromatic carbocycles. The fourth-order valence-electron chi connectivity index (χ4n) is 5.80. The Bertz CT molecular complexity index is 727. The van der Waals surface area contributed by atoms with Crippen LogP contribution in [0.25, 0.3) is 0 Å². The lowest BCUT2D eigenvalue weighted by atomic mass is 9.74. The maximum absolute atomic E-state index is 13.5. The number of nitrogens with zero attached hydrogens (tertiary/aromatic N) is 1. The average Bonchev–Trinajstić information content (AvgIpc) is 2.97. The summed E-state index contributed by atoms with van der Waals surface area (Å²) in [7, 11) is 3.21. The van der Waals surface area contributed by atoms with Crippen molar-refractivity contribution >= 4 is 17.8 Å². The number of carbonyl (C=O) groups is 3. The lowest BCUT2D eigenvalue weighted by molar-refractivity contribution is -0.174. The first kappa shape index (κ1) is 26.6. The number of ether oxygens (including phenoxy) is 3. The summed E-state index contributed by atoms with van der Waals surface area (Å²) in [5, 5.41) is 10.9. The van der Waals surface area contributed by atoms with Gasteiger partial charge in [-0.1, -0.05) is 27.7 Å². The fraction of sp³-hybridized carbons (Fsp3) is 0.875. The molecule has 0 unspecified atom stereocenters. The zero-order valence-corrected chi connectivity index (χ0v) is 21.0. The number of Topliss-reactive ketones (excluding diaryl/α,β-unsaturated/α-hetero) is 1. The maximum Gasteiger partial charge on any atom is 0.410 e. The number of aliphatic hydroxyl groups is 1. The van der Waals surface area contributed by atoms with Gasteiger partial charge in [0.15, 0.2) is 5.60 Å². The van der Waals surface area contributed by atoms with Crippen LogP contribution in [-0.4, -0.2) is 71.5 Å². The van der Waals surface area contributed by atoms with Gasteiger partial charge in [-0.15, -0.1) is 0 Å². The first-order chi connectivity index (χ1) is 14.7. The molecule has 2 aliphatic rings. The van der Waals surface area contributed by atoms with E-state index in [2.05, 4.69) is 0 Å². The number of ketones is 1. The SMILES string of the molecule is CC[C@H]1OC(=O)[C@H](C)[C@@H](O)[C@H](C)C[C@@](C)(OC)C[C@@H](C)C(=O)[C@H](C)[C@H]2N(C)C(=O)O[C@]12C. The van der Waals surface area contributed by atoms with Crippen LogP contribution in [0.2, 0.25) is 0 Å². The Labute approximate surface area is 192 Å². The van der Waals surface area contributed by atoms with Gasteiger partial charge in [-0.25, -0.2) is 4.79 Å². The van der Waals surface area contributed by atoms with Crippen LogP contribution in [0.4, 0.5) is 4.79 Å². The van der Waals surface area contributed by atoms with Crippen molar-refractivity contribution in [3.63, 3.8) is 0 Å². The number of hydrogen-bond acceptors (Lipinski definition) is 7. The molecule has 2 rings (SSSR count). The molecule has 32 heavy (non-hydrogen) atoms. The van der Waals surface area contributed by atoms with E-state index in [1.807, 2.05) is 27.7 Å². The summed E-state index contributed by atoms with van der Waals surface area (Å²) in [5.74, 6) is -2.46. The molecule has 0 aromatic rings. The van der Waals surface area contributed by atoms with Gasteiger partial charge in [-0.3, -0.25) is 9.59 Å². The van der Waals surface area contributed by atoms with Crippen molar-refractivity contribution in [2.45, 2.75) is 97.2 Å². The van der Waals surface area contributed by atoms with Crippen molar-refractivity contribution in [3.8, 4) is 0 Å². The van der Waals surface area contributed by atoms with Gasteiger partial charge in [-0.05, 0) is 46.0 Å². The summed E-state index contributed by atoms with van der Waals surface area (Å²) in [6, 6.07) is -0.599. The summed E-state index contributed by atoms with van der Waals surface area (Å²) in [6.45, 7) is 12.7. The van der Waals surface area contributed by atoms with Gasteiger partial charge in [0.2, 0.25) is 0 Å². The average molecular weight is 456 g/mol. The molecule has 1 N–H and O–H groups in total. The predicted molar refractivity (Wildman–Crippen MR) is 119 cm³/mol. The third-order valence-corrected chi connectivity index (χ3v) is 7.73. The van der Waals surface area contributed by atoms with Crippen molar-refractivity contribution < 1.29 is 33.7 Å². The van der Waals surface area contributed by atoms with E-state index in [4.69, 9.17) is 14.2 Å². The van der Waals surface area contributed by atoms with E-state index in [0.29, 0.717) is 19.3 Å². The Balaban J connectivity index is 2.56.